The van der Waals surface area contributed by atoms with Crippen LogP contribution in [-0.4, -0.2) is 12.9 Å². The van der Waals surface area contributed by atoms with Gasteiger partial charge in [-0.05, 0) is 37.0 Å². The van der Waals surface area contributed by atoms with Gasteiger partial charge in [0.1, 0.15) is 5.75 Å². The molecular weight excluding hydrogens is 180 g/mol. The van der Waals surface area contributed by atoms with Gasteiger partial charge in [0.05, 0.1) is 7.11 Å². The summed E-state index contributed by atoms with van der Waals surface area (Å²) in [6.45, 7) is 0. The van der Waals surface area contributed by atoms with Crippen molar-refractivity contribution in [1.82, 2.24) is 0 Å². The highest BCUT2D eigenvalue weighted by atomic mass is 32.1. The molecule has 1 nitrogen and oxygen atoms in total. The number of hydrogen-bond donors (Lipinski definition) is 0. The van der Waals surface area contributed by atoms with Crippen LogP contribution in [0, 0.1) is 0 Å². The third kappa shape index (κ3) is 3.73. The molecule has 0 N–H and O–H groups in total. The van der Waals surface area contributed by atoms with E-state index in [2.05, 4.69) is 12.1 Å². The Morgan fingerprint density at radius 3 is 2.38 bits per heavy atom. The number of ether oxygens (including phenoxy) is 1. The second-order valence-corrected chi connectivity index (χ2v) is 3.42. The molecule has 71 valence electrons. The van der Waals surface area contributed by atoms with Gasteiger partial charge in [-0.3, -0.25) is 0 Å². The van der Waals surface area contributed by atoms with Gasteiger partial charge in [-0.25, -0.2) is 0 Å². The molecule has 0 aliphatic rings. The molecule has 0 heterocycles. The van der Waals surface area contributed by atoms with E-state index in [4.69, 9.17) is 17.4 Å². The summed E-state index contributed by atoms with van der Waals surface area (Å²) < 4.78 is 5.08. The average Bonchev–Trinajstić information content (AvgIpc) is 2.19. The number of rotatable bonds is 5. The molecule has 0 spiro atoms. The van der Waals surface area contributed by atoms with Crippen molar-refractivity contribution in [3.8, 4) is 5.75 Å². The van der Waals surface area contributed by atoms with Crippen LogP contribution in [0.3, 0.4) is 0 Å². The first-order valence-corrected chi connectivity index (χ1v) is 5.15. The van der Waals surface area contributed by atoms with E-state index in [0.29, 0.717) is 0 Å². The monoisotopic (exact) mass is 195 g/mol. The van der Waals surface area contributed by atoms with Crippen LogP contribution in [0.25, 0.3) is 0 Å². The SMILES string of the molecule is COc1ccc(CCCC[S])cc1. The Kier molecular flexibility index (Phi) is 4.76. The van der Waals surface area contributed by atoms with Crippen LogP contribution in [0.15, 0.2) is 24.3 Å². The smallest absolute Gasteiger partial charge is 0.118 e. The normalized spacial score (nSPS) is 10.0. The Labute approximate surface area is 85.5 Å². The van der Waals surface area contributed by atoms with E-state index in [1.165, 1.54) is 12.0 Å². The highest BCUT2D eigenvalue weighted by Crippen LogP contribution is 2.13. The summed E-state index contributed by atoms with van der Waals surface area (Å²) in [7, 11) is 1.69. The molecule has 0 fully saturated rings. The molecule has 2 heteroatoms. The minimum absolute atomic E-state index is 0.871. The Morgan fingerprint density at radius 2 is 1.85 bits per heavy atom. The predicted molar refractivity (Wildman–Crippen MR) is 58.4 cm³/mol. The van der Waals surface area contributed by atoms with E-state index in [0.717, 1.165) is 24.3 Å². The van der Waals surface area contributed by atoms with Gasteiger partial charge >= 0.3 is 0 Å². The first-order chi connectivity index (χ1) is 6.36. The molecular formula is C11H15OS. The van der Waals surface area contributed by atoms with Crippen molar-refractivity contribution in [2.24, 2.45) is 0 Å². The number of aryl methyl sites for hydroxylation is 1. The minimum Gasteiger partial charge on any atom is -0.497 e. The number of benzene rings is 1. The maximum Gasteiger partial charge on any atom is 0.118 e. The van der Waals surface area contributed by atoms with Crippen molar-refractivity contribution in [3.63, 3.8) is 0 Å². The zero-order chi connectivity index (χ0) is 9.52. The van der Waals surface area contributed by atoms with Gasteiger partial charge in [0.2, 0.25) is 0 Å². The Balaban J connectivity index is 2.40. The van der Waals surface area contributed by atoms with Gasteiger partial charge in [0.15, 0.2) is 0 Å². The molecule has 13 heavy (non-hydrogen) atoms. The molecule has 0 saturated heterocycles. The summed E-state index contributed by atoms with van der Waals surface area (Å²) in [6.07, 6.45) is 3.46. The van der Waals surface area contributed by atoms with Crippen molar-refractivity contribution >= 4 is 12.6 Å². The molecule has 0 bridgehead atoms. The average molecular weight is 195 g/mol. The molecule has 0 unspecified atom stereocenters. The summed E-state index contributed by atoms with van der Waals surface area (Å²) in [5.41, 5.74) is 1.37. The van der Waals surface area contributed by atoms with Crippen LogP contribution in [-0.2, 0) is 6.42 Å². The van der Waals surface area contributed by atoms with Crippen LogP contribution >= 0.6 is 12.6 Å². The fraction of sp³-hybridized carbons (Fsp3) is 0.455. The maximum absolute atomic E-state index is 5.08. The van der Waals surface area contributed by atoms with Crippen molar-refractivity contribution < 1.29 is 4.74 Å². The summed E-state index contributed by atoms with van der Waals surface area (Å²) in [4.78, 5) is 0. The van der Waals surface area contributed by atoms with Gasteiger partial charge in [0, 0.05) is 5.75 Å². The zero-order valence-electron chi connectivity index (χ0n) is 7.95. The standard InChI is InChI=1S/C11H15OS/c1-12-11-7-5-10(6-8-11)4-2-3-9-13/h5-8H,2-4,9H2,1H3. The Hall–Kier alpha value is -0.630. The summed E-state index contributed by atoms with van der Waals surface area (Å²) in [5.74, 6) is 1.79. The van der Waals surface area contributed by atoms with Crippen LogP contribution < -0.4 is 4.74 Å². The summed E-state index contributed by atoms with van der Waals surface area (Å²) in [6, 6.07) is 8.23. The Morgan fingerprint density at radius 1 is 1.15 bits per heavy atom. The number of hydrogen-bond acceptors (Lipinski definition) is 1. The van der Waals surface area contributed by atoms with E-state index in [9.17, 15) is 0 Å². The summed E-state index contributed by atoms with van der Waals surface area (Å²) in [5, 5.41) is 0. The fourth-order valence-corrected chi connectivity index (χ4v) is 1.43. The maximum atomic E-state index is 5.08. The van der Waals surface area contributed by atoms with Gasteiger partial charge in [-0.2, -0.15) is 0 Å². The molecule has 1 aromatic carbocycles. The van der Waals surface area contributed by atoms with Crippen LogP contribution in [0.4, 0.5) is 0 Å². The Bertz CT molecular complexity index is 230. The predicted octanol–water partition coefficient (Wildman–Crippen LogP) is 3.22. The third-order valence-corrected chi connectivity index (χ3v) is 2.31. The lowest BCUT2D eigenvalue weighted by Crippen LogP contribution is -1.87. The zero-order valence-corrected chi connectivity index (χ0v) is 8.77. The van der Waals surface area contributed by atoms with E-state index < -0.39 is 0 Å². The van der Waals surface area contributed by atoms with Gasteiger partial charge in [-0.1, -0.05) is 24.8 Å². The van der Waals surface area contributed by atoms with E-state index >= 15 is 0 Å². The molecule has 0 aliphatic carbocycles. The molecule has 0 atom stereocenters. The lowest BCUT2D eigenvalue weighted by molar-refractivity contribution is 0.414. The molecule has 0 aromatic heterocycles. The van der Waals surface area contributed by atoms with Crippen LogP contribution in [0.1, 0.15) is 18.4 Å². The fourth-order valence-electron chi connectivity index (χ4n) is 1.22. The second-order valence-electron chi connectivity index (χ2n) is 3.01. The van der Waals surface area contributed by atoms with E-state index in [1.807, 2.05) is 12.1 Å². The molecule has 0 aliphatic heterocycles. The lowest BCUT2D eigenvalue weighted by Gasteiger charge is -2.02. The van der Waals surface area contributed by atoms with Crippen LogP contribution in [0.5, 0.6) is 5.75 Å². The first kappa shape index (κ1) is 10.5. The highest BCUT2D eigenvalue weighted by Gasteiger charge is 1.93. The minimum atomic E-state index is 0.871. The quantitative estimate of drug-likeness (QED) is 0.655. The topological polar surface area (TPSA) is 9.23 Å². The highest BCUT2D eigenvalue weighted by molar-refractivity contribution is 7.80. The van der Waals surface area contributed by atoms with Crippen molar-refractivity contribution in [3.05, 3.63) is 29.8 Å². The van der Waals surface area contributed by atoms with Crippen molar-refractivity contribution in [1.29, 1.82) is 0 Å². The molecule has 0 amide bonds. The number of methoxy groups -OCH3 is 1. The van der Waals surface area contributed by atoms with Crippen molar-refractivity contribution in [2.75, 3.05) is 12.9 Å². The van der Waals surface area contributed by atoms with Crippen molar-refractivity contribution in [2.45, 2.75) is 19.3 Å². The van der Waals surface area contributed by atoms with Gasteiger partial charge in [0.25, 0.3) is 0 Å². The molecule has 0 saturated carbocycles. The lowest BCUT2D eigenvalue weighted by atomic mass is 10.1. The van der Waals surface area contributed by atoms with Gasteiger partial charge < -0.3 is 4.74 Å². The third-order valence-electron chi connectivity index (χ3n) is 2.02. The first-order valence-electron chi connectivity index (χ1n) is 4.58. The number of unbranched alkanes of at least 4 members (excludes halogenated alkanes) is 1. The summed E-state index contributed by atoms with van der Waals surface area (Å²) >= 11 is 4.89. The van der Waals surface area contributed by atoms with E-state index in [1.54, 1.807) is 7.11 Å². The second kappa shape index (κ2) is 5.92. The molecule has 1 rings (SSSR count). The van der Waals surface area contributed by atoms with E-state index in [-0.39, 0.29) is 0 Å². The van der Waals surface area contributed by atoms with Crippen LogP contribution in [0.2, 0.25) is 0 Å². The molecule has 1 aromatic rings. The van der Waals surface area contributed by atoms with Gasteiger partial charge in [-0.15, -0.1) is 0 Å². The largest absolute Gasteiger partial charge is 0.497 e. The molecule has 1 radical (unpaired) electrons.